The number of rotatable bonds is 38. The van der Waals surface area contributed by atoms with Crippen LogP contribution in [0.3, 0.4) is 0 Å². The Morgan fingerprint density at radius 1 is 0.632 bits per heavy atom. The molecule has 0 aliphatic heterocycles. The number of amides is 9. The van der Waals surface area contributed by atoms with E-state index in [0.29, 0.717) is 36.9 Å². The standard InChI is InChI=1S/C56H88N18O13/c1-7-9-23-74(28-43(78)79)54(87)44(30(3)8-2)71-49(82)39(20-14-22-64-56(60)61)68-42(77)27-65-52(85)45(32(5)75)73-53(86)46(33(6)76)72-51(84)41(25-36-26-62-29-66-36)70-50(83)40(24-35-17-12-16-34-15-10-11-18-37(34)35)69-47(80)31(4)67-48(81)38(57)19-13-21-63-55(58)59/h10-12,15-18,26,29-33,38-41,44-46,75-76H,7-9,13-14,19-25,27-28,57H2,1-6H3,(H,62,66)(H,65,85)(H,67,81)(H,68,77)(H,69,80)(H,70,83)(H,71,82)(H,72,84)(H,73,86)(H,78,79)(H4,58,59,63)(H4,60,61,64)/t30?,31-,32+,33+,38-,39-,40-,41-,44-,45-,46-/m0/s1. The van der Waals surface area contributed by atoms with Crippen LogP contribution in [0.4, 0.5) is 0 Å². The van der Waals surface area contributed by atoms with E-state index in [2.05, 4.69) is 62.5 Å². The maximum atomic E-state index is 14.6. The number of nitrogens with zero attached hydrogens (tertiary/aromatic N) is 4. The van der Waals surface area contributed by atoms with Crippen LogP contribution >= 0.6 is 0 Å². The second-order valence-electron chi connectivity index (χ2n) is 21.2. The second-order valence-corrected chi connectivity index (χ2v) is 21.2. The summed E-state index contributed by atoms with van der Waals surface area (Å²) in [5.41, 5.74) is 28.7. The molecule has 0 fully saturated rings. The lowest BCUT2D eigenvalue weighted by molar-refractivity contribution is -0.146. The minimum atomic E-state index is -1.86. The first-order chi connectivity index (χ1) is 41.2. The third-order valence-electron chi connectivity index (χ3n) is 13.9. The minimum absolute atomic E-state index is 0.0391. The van der Waals surface area contributed by atoms with Crippen LogP contribution in [-0.2, 0) is 60.8 Å². The molecule has 0 bridgehead atoms. The van der Waals surface area contributed by atoms with Gasteiger partial charge in [-0.1, -0.05) is 76.1 Å². The number of aromatic nitrogens is 2. The molecule has 31 nitrogen and oxygen atoms in total. The van der Waals surface area contributed by atoms with Crippen molar-refractivity contribution in [1.29, 1.82) is 0 Å². The normalized spacial score (nSPS) is 14.9. The molecule has 22 N–H and O–H groups in total. The second kappa shape index (κ2) is 36.8. The fraction of sp³-hybridized carbons (Fsp3) is 0.554. The molecule has 0 saturated heterocycles. The maximum absolute atomic E-state index is 14.6. The lowest BCUT2D eigenvalue weighted by atomic mass is 9.96. The largest absolute Gasteiger partial charge is 0.480 e. The topological polar surface area (TPSA) is 514 Å². The summed E-state index contributed by atoms with van der Waals surface area (Å²) >= 11 is 0. The van der Waals surface area contributed by atoms with E-state index in [0.717, 1.165) is 29.5 Å². The molecule has 3 rings (SSSR count). The highest BCUT2D eigenvalue weighted by atomic mass is 16.4. The smallest absolute Gasteiger partial charge is 0.323 e. The average molecular weight is 1220 g/mol. The van der Waals surface area contributed by atoms with E-state index in [9.17, 15) is 63.3 Å². The first kappa shape index (κ1) is 72.3. The van der Waals surface area contributed by atoms with E-state index in [4.69, 9.17) is 28.7 Å². The Bertz CT molecular complexity index is 2840. The number of carbonyl (C=O) groups is 10. The zero-order valence-corrected chi connectivity index (χ0v) is 50.0. The fourth-order valence-corrected chi connectivity index (χ4v) is 8.85. The van der Waals surface area contributed by atoms with E-state index >= 15 is 0 Å². The van der Waals surface area contributed by atoms with Crippen molar-refractivity contribution in [1.82, 2.24) is 57.4 Å². The van der Waals surface area contributed by atoms with Gasteiger partial charge in [-0.3, -0.25) is 57.9 Å². The highest BCUT2D eigenvalue weighted by Gasteiger charge is 2.37. The van der Waals surface area contributed by atoms with E-state index in [1.807, 2.05) is 31.2 Å². The summed E-state index contributed by atoms with van der Waals surface area (Å²) in [6.07, 6.45) is 1.09. The Morgan fingerprint density at radius 2 is 1.20 bits per heavy atom. The molecule has 0 radical (unpaired) electrons. The first-order valence-electron chi connectivity index (χ1n) is 28.7. The summed E-state index contributed by atoms with van der Waals surface area (Å²) in [6.45, 7) is 7.95. The Balaban J connectivity index is 1.85. The van der Waals surface area contributed by atoms with Crippen LogP contribution in [0.2, 0.25) is 0 Å². The number of carboxylic acids is 1. The van der Waals surface area contributed by atoms with Crippen LogP contribution in [0.25, 0.3) is 10.8 Å². The molecular weight excluding hydrogens is 1130 g/mol. The summed E-state index contributed by atoms with van der Waals surface area (Å²) in [7, 11) is 0. The van der Waals surface area contributed by atoms with Crippen molar-refractivity contribution >= 4 is 81.8 Å². The van der Waals surface area contributed by atoms with Gasteiger partial charge in [0.15, 0.2) is 11.9 Å². The highest BCUT2D eigenvalue weighted by molar-refractivity contribution is 5.99. The van der Waals surface area contributed by atoms with E-state index in [1.165, 1.54) is 19.4 Å². The Hall–Kier alpha value is -8.97. The third kappa shape index (κ3) is 24.9. The number of carboxylic acid groups (broad SMARTS) is 1. The van der Waals surface area contributed by atoms with Gasteiger partial charge in [-0.05, 0) is 75.1 Å². The van der Waals surface area contributed by atoms with Gasteiger partial charge < -0.3 is 96.4 Å². The lowest BCUT2D eigenvalue weighted by Crippen LogP contribution is -2.63. The molecule has 0 saturated carbocycles. The van der Waals surface area contributed by atoms with Gasteiger partial charge >= 0.3 is 5.97 Å². The predicted octanol–water partition coefficient (Wildman–Crippen LogP) is -4.17. The monoisotopic (exact) mass is 1220 g/mol. The molecule has 0 spiro atoms. The number of aliphatic carboxylic acids is 1. The average Bonchev–Trinajstić information content (AvgIpc) is 3.68. The van der Waals surface area contributed by atoms with Crippen LogP contribution in [0.15, 0.2) is 65.0 Å². The number of guanidine groups is 2. The van der Waals surface area contributed by atoms with Crippen LogP contribution in [0, 0.1) is 5.92 Å². The summed E-state index contributed by atoms with van der Waals surface area (Å²) in [5, 5.41) is 52.9. The number of H-pyrrole nitrogens is 1. The lowest BCUT2D eigenvalue weighted by Gasteiger charge is -2.31. The molecule has 11 atom stereocenters. The number of aliphatic imine (C=N–C) groups is 2. The van der Waals surface area contributed by atoms with E-state index in [-0.39, 0.29) is 63.7 Å². The number of aliphatic hydroxyl groups excluding tert-OH is 2. The van der Waals surface area contributed by atoms with Crippen molar-refractivity contribution in [3.8, 4) is 0 Å². The summed E-state index contributed by atoms with van der Waals surface area (Å²) in [6, 6.07) is 1.21. The Kier molecular flexibility index (Phi) is 30.6. The van der Waals surface area contributed by atoms with Crippen molar-refractivity contribution in [2.45, 2.75) is 160 Å². The van der Waals surface area contributed by atoms with Gasteiger partial charge in [0.05, 0.1) is 31.1 Å². The van der Waals surface area contributed by atoms with Gasteiger partial charge in [-0.25, -0.2) is 4.98 Å². The number of benzene rings is 2. The van der Waals surface area contributed by atoms with Gasteiger partial charge in [-0.2, -0.15) is 0 Å². The summed E-state index contributed by atoms with van der Waals surface area (Å²) in [5.74, 6) is -10.2. The number of nitrogens with one attached hydrogen (secondary N) is 9. The summed E-state index contributed by atoms with van der Waals surface area (Å²) < 4.78 is 0. The van der Waals surface area contributed by atoms with Crippen LogP contribution in [-0.4, -0.2) is 195 Å². The van der Waals surface area contributed by atoms with Crippen molar-refractivity contribution in [3.05, 3.63) is 66.2 Å². The fourth-order valence-electron chi connectivity index (χ4n) is 8.85. The molecule has 1 aromatic heterocycles. The molecule has 87 heavy (non-hydrogen) atoms. The number of unbranched alkanes of at least 4 members (excludes halogenated alkanes) is 1. The van der Waals surface area contributed by atoms with Crippen LogP contribution in [0.5, 0.6) is 0 Å². The number of nitrogens with two attached hydrogens (primary N) is 5. The number of hydrogen-bond acceptors (Lipinski definition) is 16. The van der Waals surface area contributed by atoms with Gasteiger partial charge in [0.25, 0.3) is 0 Å². The van der Waals surface area contributed by atoms with Crippen LogP contribution < -0.4 is 71.2 Å². The van der Waals surface area contributed by atoms with Gasteiger partial charge in [0.1, 0.15) is 48.8 Å². The van der Waals surface area contributed by atoms with Crippen molar-refractivity contribution in [2.75, 3.05) is 32.7 Å². The molecule has 0 aliphatic rings. The molecule has 1 heterocycles. The number of aromatic amines is 1. The zero-order valence-electron chi connectivity index (χ0n) is 50.0. The van der Waals surface area contributed by atoms with Crippen molar-refractivity contribution in [3.63, 3.8) is 0 Å². The number of fused-ring (bicyclic) bond motifs is 1. The SMILES string of the molecule is CCCCN(CC(=O)O)C(=O)[C@@H](NC(=O)[C@H](CCCN=C(N)N)NC(=O)CNC(=O)[C@@H](NC(=O)[C@@H](NC(=O)[C@H](Cc1cnc[nH]1)NC(=O)[C@H](Cc1cccc2ccccc12)NC(=O)[C@H](C)NC(=O)[C@@H](N)CCCN=C(N)N)[C@@H](C)O)[C@@H](C)O)C(C)CC. The molecule has 9 amide bonds. The zero-order chi connectivity index (χ0) is 64.9. The minimum Gasteiger partial charge on any atom is -0.480 e. The van der Waals surface area contributed by atoms with Crippen molar-refractivity contribution in [2.24, 2.45) is 44.6 Å². The van der Waals surface area contributed by atoms with E-state index < -0.39 is 139 Å². The molecule has 0 aliphatic carbocycles. The molecule has 31 heteroatoms. The quantitative estimate of drug-likeness (QED) is 0.0147. The van der Waals surface area contributed by atoms with Crippen molar-refractivity contribution < 1.29 is 63.3 Å². The Labute approximate surface area is 504 Å². The number of hydrogen-bond donors (Lipinski definition) is 17. The number of carbonyl (C=O) groups excluding carboxylic acids is 9. The molecule has 480 valence electrons. The number of imidazole rings is 1. The predicted molar refractivity (Wildman–Crippen MR) is 322 cm³/mol. The number of aliphatic hydroxyl groups is 2. The summed E-state index contributed by atoms with van der Waals surface area (Å²) in [4.78, 5) is 152. The molecule has 2 aromatic carbocycles. The molecule has 1 unspecified atom stereocenters. The van der Waals surface area contributed by atoms with Gasteiger partial charge in [0.2, 0.25) is 53.2 Å². The van der Waals surface area contributed by atoms with E-state index in [1.54, 1.807) is 32.0 Å². The molecular formula is C56H88N18O13. The third-order valence-corrected chi connectivity index (χ3v) is 13.9. The first-order valence-corrected chi connectivity index (χ1v) is 28.7. The molecule has 3 aromatic rings. The highest BCUT2D eigenvalue weighted by Crippen LogP contribution is 2.21. The van der Waals surface area contributed by atoms with Crippen LogP contribution in [0.1, 0.15) is 97.7 Å². The Morgan fingerprint density at radius 3 is 1.79 bits per heavy atom. The van der Waals surface area contributed by atoms with Gasteiger partial charge in [-0.15, -0.1) is 0 Å². The maximum Gasteiger partial charge on any atom is 0.323 e. The van der Waals surface area contributed by atoms with Gasteiger partial charge in [0, 0.05) is 44.4 Å².